The van der Waals surface area contributed by atoms with Gasteiger partial charge in [0.15, 0.2) is 11.6 Å². The summed E-state index contributed by atoms with van der Waals surface area (Å²) >= 11 is 0. The monoisotopic (exact) mass is 269 g/mol. The van der Waals surface area contributed by atoms with Gasteiger partial charge in [-0.2, -0.15) is 0 Å². The third-order valence-electron chi connectivity index (χ3n) is 2.77. The summed E-state index contributed by atoms with van der Waals surface area (Å²) in [7, 11) is 1.40. The van der Waals surface area contributed by atoms with Crippen LogP contribution in [0.3, 0.4) is 0 Å². The SMILES string of the molecule is COc1ccc(CN[C@H](CC(C)C)C(=O)O)cc1F. The van der Waals surface area contributed by atoms with E-state index in [4.69, 9.17) is 9.84 Å². The lowest BCUT2D eigenvalue weighted by Crippen LogP contribution is -2.37. The molecule has 0 spiro atoms. The molecule has 0 heterocycles. The van der Waals surface area contributed by atoms with Gasteiger partial charge in [-0.15, -0.1) is 0 Å². The molecule has 106 valence electrons. The van der Waals surface area contributed by atoms with E-state index in [2.05, 4.69) is 5.32 Å². The van der Waals surface area contributed by atoms with Crippen LogP contribution in [0, 0.1) is 11.7 Å². The summed E-state index contributed by atoms with van der Waals surface area (Å²) in [6.45, 7) is 4.24. The quantitative estimate of drug-likeness (QED) is 0.798. The Bertz CT molecular complexity index is 435. The van der Waals surface area contributed by atoms with E-state index in [1.54, 1.807) is 6.07 Å². The first kappa shape index (κ1) is 15.4. The number of benzene rings is 1. The highest BCUT2D eigenvalue weighted by Gasteiger charge is 2.18. The van der Waals surface area contributed by atoms with E-state index in [0.717, 1.165) is 0 Å². The molecule has 0 bridgehead atoms. The van der Waals surface area contributed by atoms with Crippen LogP contribution < -0.4 is 10.1 Å². The number of halogens is 1. The second kappa shape index (κ2) is 7.09. The minimum atomic E-state index is -0.886. The predicted molar refractivity (Wildman–Crippen MR) is 70.7 cm³/mol. The number of carboxylic acids is 1. The standard InChI is InChI=1S/C14H20FNO3/c1-9(2)6-12(14(17)18)16-8-10-4-5-13(19-3)11(15)7-10/h4-5,7,9,12,16H,6,8H2,1-3H3,(H,17,18)/t12-/m1/s1. The van der Waals surface area contributed by atoms with E-state index in [1.807, 2.05) is 13.8 Å². The van der Waals surface area contributed by atoms with Gasteiger partial charge in [0.2, 0.25) is 0 Å². The Kier molecular flexibility index (Phi) is 5.76. The van der Waals surface area contributed by atoms with Crippen molar-refractivity contribution in [2.24, 2.45) is 5.92 Å². The Balaban J connectivity index is 2.64. The molecule has 0 fully saturated rings. The van der Waals surface area contributed by atoms with Gasteiger partial charge >= 0.3 is 5.97 Å². The molecule has 2 N–H and O–H groups in total. The van der Waals surface area contributed by atoms with Crippen LogP contribution in [-0.2, 0) is 11.3 Å². The molecule has 0 saturated carbocycles. The van der Waals surface area contributed by atoms with Crippen LogP contribution in [0.2, 0.25) is 0 Å². The minimum absolute atomic E-state index is 0.181. The van der Waals surface area contributed by atoms with Gasteiger partial charge in [-0.25, -0.2) is 4.39 Å². The Morgan fingerprint density at radius 1 is 1.47 bits per heavy atom. The summed E-state index contributed by atoms with van der Waals surface area (Å²) in [6, 6.07) is 3.97. The maximum Gasteiger partial charge on any atom is 0.320 e. The van der Waals surface area contributed by atoms with Crippen molar-refractivity contribution in [1.82, 2.24) is 5.32 Å². The highest BCUT2D eigenvalue weighted by molar-refractivity contribution is 5.73. The topological polar surface area (TPSA) is 58.6 Å². The van der Waals surface area contributed by atoms with Crippen molar-refractivity contribution in [2.75, 3.05) is 7.11 Å². The average Bonchev–Trinajstić information content (AvgIpc) is 2.34. The third kappa shape index (κ3) is 4.87. The van der Waals surface area contributed by atoms with E-state index in [9.17, 15) is 9.18 Å². The first-order valence-electron chi connectivity index (χ1n) is 6.22. The van der Waals surface area contributed by atoms with Crippen LogP contribution in [0.25, 0.3) is 0 Å². The van der Waals surface area contributed by atoms with Crippen molar-refractivity contribution in [1.29, 1.82) is 0 Å². The number of carbonyl (C=O) groups is 1. The number of hydrogen-bond acceptors (Lipinski definition) is 3. The Hall–Kier alpha value is -1.62. The van der Waals surface area contributed by atoms with Crippen molar-refractivity contribution >= 4 is 5.97 Å². The van der Waals surface area contributed by atoms with Crippen molar-refractivity contribution in [3.8, 4) is 5.75 Å². The molecular formula is C14H20FNO3. The summed E-state index contributed by atoms with van der Waals surface area (Å²) < 4.78 is 18.3. The zero-order valence-corrected chi connectivity index (χ0v) is 11.4. The number of ether oxygens (including phenoxy) is 1. The lowest BCUT2D eigenvalue weighted by Gasteiger charge is -2.16. The first-order chi connectivity index (χ1) is 8.93. The predicted octanol–water partition coefficient (Wildman–Crippen LogP) is 2.42. The van der Waals surface area contributed by atoms with Gasteiger partial charge in [0.1, 0.15) is 6.04 Å². The van der Waals surface area contributed by atoms with E-state index < -0.39 is 17.8 Å². The van der Waals surface area contributed by atoms with Gasteiger partial charge in [0, 0.05) is 6.54 Å². The van der Waals surface area contributed by atoms with Crippen LogP contribution in [0.15, 0.2) is 18.2 Å². The Morgan fingerprint density at radius 2 is 2.16 bits per heavy atom. The highest BCUT2D eigenvalue weighted by Crippen LogP contribution is 2.17. The average molecular weight is 269 g/mol. The molecule has 0 saturated heterocycles. The molecule has 0 unspecified atom stereocenters. The van der Waals surface area contributed by atoms with Gasteiger partial charge in [0.05, 0.1) is 7.11 Å². The molecule has 0 aliphatic carbocycles. The lowest BCUT2D eigenvalue weighted by molar-refractivity contribution is -0.140. The first-order valence-corrected chi connectivity index (χ1v) is 6.22. The molecule has 1 aromatic rings. The van der Waals surface area contributed by atoms with Crippen LogP contribution in [0.5, 0.6) is 5.75 Å². The fraction of sp³-hybridized carbons (Fsp3) is 0.500. The maximum absolute atomic E-state index is 13.5. The summed E-state index contributed by atoms with van der Waals surface area (Å²) in [5, 5.41) is 12.0. The molecule has 0 amide bonds. The summed E-state index contributed by atoms with van der Waals surface area (Å²) in [5.74, 6) is -0.873. The molecule has 1 atom stereocenters. The van der Waals surface area contributed by atoms with Gasteiger partial charge in [-0.05, 0) is 30.0 Å². The summed E-state index contributed by atoms with van der Waals surface area (Å²) in [5.41, 5.74) is 0.688. The van der Waals surface area contributed by atoms with E-state index in [-0.39, 0.29) is 11.7 Å². The molecule has 1 aromatic carbocycles. The van der Waals surface area contributed by atoms with Crippen molar-refractivity contribution in [3.63, 3.8) is 0 Å². The largest absolute Gasteiger partial charge is 0.494 e. The van der Waals surface area contributed by atoms with Crippen LogP contribution in [0.1, 0.15) is 25.8 Å². The molecular weight excluding hydrogens is 249 g/mol. The fourth-order valence-corrected chi connectivity index (χ4v) is 1.80. The zero-order chi connectivity index (χ0) is 14.4. The van der Waals surface area contributed by atoms with Crippen molar-refractivity contribution in [2.45, 2.75) is 32.9 Å². The molecule has 0 aliphatic rings. The molecule has 0 aromatic heterocycles. The van der Waals surface area contributed by atoms with Crippen molar-refractivity contribution < 1.29 is 19.0 Å². The Labute approximate surface area is 112 Å². The van der Waals surface area contributed by atoms with Gasteiger partial charge in [0.25, 0.3) is 0 Å². The van der Waals surface area contributed by atoms with E-state index >= 15 is 0 Å². The van der Waals surface area contributed by atoms with Gasteiger partial charge in [-0.3, -0.25) is 4.79 Å². The molecule has 5 heteroatoms. The molecule has 19 heavy (non-hydrogen) atoms. The normalized spacial score (nSPS) is 12.5. The molecule has 0 aliphatic heterocycles. The number of methoxy groups -OCH3 is 1. The fourth-order valence-electron chi connectivity index (χ4n) is 1.80. The van der Waals surface area contributed by atoms with Crippen LogP contribution in [0.4, 0.5) is 4.39 Å². The second-order valence-electron chi connectivity index (χ2n) is 4.87. The number of rotatable bonds is 7. The van der Waals surface area contributed by atoms with E-state index in [1.165, 1.54) is 19.2 Å². The van der Waals surface area contributed by atoms with E-state index in [0.29, 0.717) is 18.5 Å². The smallest absolute Gasteiger partial charge is 0.320 e. The van der Waals surface area contributed by atoms with Crippen molar-refractivity contribution in [3.05, 3.63) is 29.6 Å². The summed E-state index contributed by atoms with van der Waals surface area (Å²) in [6.07, 6.45) is 0.536. The molecule has 4 nitrogen and oxygen atoms in total. The number of aliphatic carboxylic acids is 1. The number of carboxylic acid groups (broad SMARTS) is 1. The van der Waals surface area contributed by atoms with Crippen LogP contribution in [-0.4, -0.2) is 24.2 Å². The van der Waals surface area contributed by atoms with Crippen LogP contribution >= 0.6 is 0 Å². The van der Waals surface area contributed by atoms with Gasteiger partial charge < -0.3 is 15.2 Å². The maximum atomic E-state index is 13.5. The number of nitrogens with one attached hydrogen (secondary N) is 1. The molecule has 1 rings (SSSR count). The third-order valence-corrected chi connectivity index (χ3v) is 2.77. The number of hydrogen-bond donors (Lipinski definition) is 2. The Morgan fingerprint density at radius 3 is 2.63 bits per heavy atom. The lowest BCUT2D eigenvalue weighted by atomic mass is 10.0. The minimum Gasteiger partial charge on any atom is -0.494 e. The highest BCUT2D eigenvalue weighted by atomic mass is 19.1. The summed E-state index contributed by atoms with van der Waals surface area (Å²) in [4.78, 5) is 11.1. The second-order valence-corrected chi connectivity index (χ2v) is 4.87. The molecule has 0 radical (unpaired) electrons. The zero-order valence-electron chi connectivity index (χ0n) is 11.4. The van der Waals surface area contributed by atoms with Gasteiger partial charge in [-0.1, -0.05) is 19.9 Å².